The lowest BCUT2D eigenvalue weighted by atomic mass is 10.1. The Morgan fingerprint density at radius 1 is 1.47 bits per heavy atom. The van der Waals surface area contributed by atoms with Gasteiger partial charge in [-0.2, -0.15) is 0 Å². The van der Waals surface area contributed by atoms with Crippen molar-refractivity contribution >= 4 is 17.0 Å². The Morgan fingerprint density at radius 2 is 2.21 bits per heavy atom. The van der Waals surface area contributed by atoms with Crippen LogP contribution >= 0.6 is 11.3 Å². The first kappa shape index (κ1) is 13.6. The van der Waals surface area contributed by atoms with E-state index >= 15 is 0 Å². The van der Waals surface area contributed by atoms with Crippen molar-refractivity contribution in [2.45, 2.75) is 26.4 Å². The number of nitro benzene ring substituents is 1. The van der Waals surface area contributed by atoms with Crippen molar-refractivity contribution in [3.63, 3.8) is 0 Å². The van der Waals surface area contributed by atoms with E-state index in [0.717, 1.165) is 9.88 Å². The molecule has 2 rings (SSSR count). The zero-order chi connectivity index (χ0) is 13.8. The number of aryl methyl sites for hydroxylation is 1. The molecule has 1 unspecified atom stereocenters. The summed E-state index contributed by atoms with van der Waals surface area (Å²) < 4.78 is 0. The minimum atomic E-state index is -0.346. The molecule has 1 N–H and O–H groups in total. The van der Waals surface area contributed by atoms with Crippen LogP contribution in [0.3, 0.4) is 0 Å². The highest BCUT2D eigenvalue weighted by Crippen LogP contribution is 2.24. The van der Waals surface area contributed by atoms with Gasteiger partial charge in [-0.3, -0.25) is 10.1 Å². The monoisotopic (exact) mass is 277 g/mol. The molecule has 19 heavy (non-hydrogen) atoms. The van der Waals surface area contributed by atoms with Crippen LogP contribution in [-0.2, 0) is 6.54 Å². The second-order valence-electron chi connectivity index (χ2n) is 4.28. The molecule has 1 heterocycles. The average Bonchev–Trinajstić information content (AvgIpc) is 2.81. The van der Waals surface area contributed by atoms with Gasteiger partial charge < -0.3 is 5.32 Å². The molecule has 1 aromatic carbocycles. The first-order chi connectivity index (χ1) is 9.08. The van der Waals surface area contributed by atoms with Gasteiger partial charge in [0.2, 0.25) is 0 Å². The molecule has 2 aromatic rings. The summed E-state index contributed by atoms with van der Waals surface area (Å²) >= 11 is 1.63. The summed E-state index contributed by atoms with van der Waals surface area (Å²) in [4.78, 5) is 16.0. The van der Waals surface area contributed by atoms with Crippen molar-refractivity contribution in [1.82, 2.24) is 10.3 Å². The summed E-state index contributed by atoms with van der Waals surface area (Å²) in [5.41, 5.74) is 0.846. The molecular weight excluding hydrogens is 262 g/mol. The average molecular weight is 277 g/mol. The van der Waals surface area contributed by atoms with E-state index in [1.165, 1.54) is 6.07 Å². The lowest BCUT2D eigenvalue weighted by Crippen LogP contribution is -2.18. The first-order valence-electron chi connectivity index (χ1n) is 5.96. The fourth-order valence-corrected chi connectivity index (χ4v) is 2.59. The second-order valence-corrected chi connectivity index (χ2v) is 5.60. The van der Waals surface area contributed by atoms with Crippen molar-refractivity contribution in [3.05, 3.63) is 56.0 Å². The fourth-order valence-electron chi connectivity index (χ4n) is 1.85. The maximum atomic E-state index is 11.0. The maximum Gasteiger partial charge on any atom is 0.274 e. The quantitative estimate of drug-likeness (QED) is 0.673. The third-order valence-electron chi connectivity index (χ3n) is 2.83. The molecule has 0 aliphatic rings. The van der Waals surface area contributed by atoms with Crippen LogP contribution in [0.1, 0.15) is 28.4 Å². The van der Waals surface area contributed by atoms with E-state index in [1.807, 2.05) is 26.1 Å². The number of nitrogens with one attached hydrogen (secondary N) is 1. The highest BCUT2D eigenvalue weighted by molar-refractivity contribution is 7.11. The van der Waals surface area contributed by atoms with E-state index in [0.29, 0.717) is 12.1 Å². The topological polar surface area (TPSA) is 68.1 Å². The predicted octanol–water partition coefficient (Wildman–Crippen LogP) is 3.21. The molecule has 1 atom stereocenters. The van der Waals surface area contributed by atoms with E-state index in [1.54, 1.807) is 23.5 Å². The Kier molecular flexibility index (Phi) is 4.24. The smallest absolute Gasteiger partial charge is 0.274 e. The van der Waals surface area contributed by atoms with Crippen LogP contribution in [0.15, 0.2) is 30.5 Å². The lowest BCUT2D eigenvalue weighted by molar-refractivity contribution is -0.385. The van der Waals surface area contributed by atoms with Gasteiger partial charge in [0.05, 0.1) is 4.92 Å². The highest BCUT2D eigenvalue weighted by atomic mass is 32.1. The Bertz CT molecular complexity index is 583. The maximum absolute atomic E-state index is 11.0. The predicted molar refractivity (Wildman–Crippen MR) is 75.2 cm³/mol. The number of para-hydroxylation sites is 1. The molecule has 0 aliphatic carbocycles. The molecule has 0 saturated heterocycles. The van der Waals surface area contributed by atoms with Crippen LogP contribution in [0.5, 0.6) is 0 Å². The third-order valence-corrected chi connectivity index (χ3v) is 3.74. The summed E-state index contributed by atoms with van der Waals surface area (Å²) in [5.74, 6) is 0. The largest absolute Gasteiger partial charge is 0.304 e. The molecule has 0 aliphatic heterocycles. The Morgan fingerprint density at radius 3 is 2.84 bits per heavy atom. The van der Waals surface area contributed by atoms with Crippen LogP contribution in [0.2, 0.25) is 0 Å². The van der Waals surface area contributed by atoms with Crippen molar-refractivity contribution in [2.24, 2.45) is 0 Å². The van der Waals surface area contributed by atoms with Crippen molar-refractivity contribution in [3.8, 4) is 0 Å². The van der Waals surface area contributed by atoms with Crippen molar-refractivity contribution in [1.29, 1.82) is 0 Å². The molecule has 0 spiro atoms. The molecule has 0 bridgehead atoms. The molecular formula is C13H15N3O2S. The van der Waals surface area contributed by atoms with Crippen LogP contribution in [0.4, 0.5) is 5.69 Å². The number of nitro groups is 1. The number of aromatic nitrogens is 1. The van der Waals surface area contributed by atoms with Crippen LogP contribution in [0, 0.1) is 17.0 Å². The second kappa shape index (κ2) is 5.90. The molecule has 0 amide bonds. The molecule has 0 fully saturated rings. The Hall–Kier alpha value is -1.79. The van der Waals surface area contributed by atoms with E-state index in [9.17, 15) is 10.1 Å². The van der Waals surface area contributed by atoms with Gasteiger partial charge in [-0.25, -0.2) is 4.98 Å². The number of hydrogen-bond donors (Lipinski definition) is 1. The van der Waals surface area contributed by atoms with Gasteiger partial charge in [0, 0.05) is 35.3 Å². The molecule has 100 valence electrons. The van der Waals surface area contributed by atoms with Gasteiger partial charge in [-0.15, -0.1) is 11.3 Å². The van der Waals surface area contributed by atoms with Gasteiger partial charge in [-0.05, 0) is 13.8 Å². The van der Waals surface area contributed by atoms with Crippen LogP contribution < -0.4 is 5.32 Å². The zero-order valence-corrected chi connectivity index (χ0v) is 11.6. The van der Waals surface area contributed by atoms with Gasteiger partial charge in [-0.1, -0.05) is 18.2 Å². The van der Waals surface area contributed by atoms with Crippen LogP contribution in [-0.4, -0.2) is 9.91 Å². The molecule has 0 saturated carbocycles. The number of rotatable bonds is 5. The standard InChI is InChI=1S/C13H15N3O2S/c1-9-7-15-13(19-9)8-14-10(2)11-5-3-4-6-12(11)16(17)18/h3-7,10,14H,8H2,1-2H3. The van der Waals surface area contributed by atoms with Crippen molar-refractivity contribution in [2.75, 3.05) is 0 Å². The first-order valence-corrected chi connectivity index (χ1v) is 6.77. The highest BCUT2D eigenvalue weighted by Gasteiger charge is 2.17. The van der Waals surface area contributed by atoms with E-state index in [2.05, 4.69) is 10.3 Å². The zero-order valence-electron chi connectivity index (χ0n) is 10.8. The molecule has 1 aromatic heterocycles. The molecule has 0 radical (unpaired) electrons. The van der Waals surface area contributed by atoms with Crippen LogP contribution in [0.25, 0.3) is 0 Å². The normalized spacial score (nSPS) is 12.3. The van der Waals surface area contributed by atoms with Crippen molar-refractivity contribution < 1.29 is 4.92 Å². The lowest BCUT2D eigenvalue weighted by Gasteiger charge is -2.13. The number of nitrogens with zero attached hydrogens (tertiary/aromatic N) is 2. The van der Waals surface area contributed by atoms with Gasteiger partial charge in [0.1, 0.15) is 5.01 Å². The summed E-state index contributed by atoms with van der Waals surface area (Å²) in [5, 5.41) is 15.2. The van der Waals surface area contributed by atoms with Gasteiger partial charge in [0.25, 0.3) is 5.69 Å². The van der Waals surface area contributed by atoms with Gasteiger partial charge in [0.15, 0.2) is 0 Å². The molecule has 6 heteroatoms. The Balaban J connectivity index is 2.07. The Labute approximate surface area is 115 Å². The SMILES string of the molecule is Cc1cnc(CNC(C)c2ccccc2[N+](=O)[O-])s1. The number of thiazole rings is 1. The molecule has 5 nitrogen and oxygen atoms in total. The summed E-state index contributed by atoms with van der Waals surface area (Å²) in [6.07, 6.45) is 1.83. The van der Waals surface area contributed by atoms with E-state index < -0.39 is 0 Å². The van der Waals surface area contributed by atoms with E-state index in [-0.39, 0.29) is 16.7 Å². The third kappa shape index (κ3) is 3.36. The minimum absolute atomic E-state index is 0.0918. The minimum Gasteiger partial charge on any atom is -0.304 e. The number of benzene rings is 1. The van der Waals surface area contributed by atoms with Gasteiger partial charge >= 0.3 is 0 Å². The summed E-state index contributed by atoms with van der Waals surface area (Å²) in [7, 11) is 0. The van der Waals surface area contributed by atoms with E-state index in [4.69, 9.17) is 0 Å². The summed E-state index contributed by atoms with van der Waals surface area (Å²) in [6, 6.07) is 6.71. The number of hydrogen-bond acceptors (Lipinski definition) is 5. The fraction of sp³-hybridized carbons (Fsp3) is 0.308. The summed E-state index contributed by atoms with van der Waals surface area (Å²) in [6.45, 7) is 4.54.